The van der Waals surface area contributed by atoms with E-state index in [4.69, 9.17) is 11.6 Å². The van der Waals surface area contributed by atoms with Gasteiger partial charge in [0, 0.05) is 11.6 Å². The van der Waals surface area contributed by atoms with Crippen molar-refractivity contribution in [2.45, 2.75) is 46.2 Å². The normalized spacial score (nSPS) is 14.1. The molecule has 1 aliphatic rings. The van der Waals surface area contributed by atoms with E-state index in [1.165, 1.54) is 5.56 Å². The molecule has 1 atom stereocenters. The Kier molecular flexibility index (Phi) is 6.33. The number of carbonyl (C=O) groups is 2. The lowest BCUT2D eigenvalue weighted by Crippen LogP contribution is -2.27. The molecule has 0 bridgehead atoms. The first kappa shape index (κ1) is 22.1. The highest BCUT2D eigenvalue weighted by atomic mass is 35.5. The van der Waals surface area contributed by atoms with Gasteiger partial charge in [0.15, 0.2) is 0 Å². The fourth-order valence-electron chi connectivity index (χ4n) is 3.58. The fourth-order valence-corrected chi connectivity index (χ4v) is 3.90. The molecule has 1 unspecified atom stereocenters. The van der Waals surface area contributed by atoms with Crippen molar-refractivity contribution >= 4 is 29.1 Å². The highest BCUT2D eigenvalue weighted by Gasteiger charge is 2.29. The van der Waals surface area contributed by atoms with Crippen LogP contribution in [0.4, 0.5) is 5.69 Å². The zero-order chi connectivity index (χ0) is 22.8. The van der Waals surface area contributed by atoms with E-state index in [-0.39, 0.29) is 23.8 Å². The van der Waals surface area contributed by atoms with E-state index in [2.05, 4.69) is 15.7 Å². The van der Waals surface area contributed by atoms with E-state index in [9.17, 15) is 9.59 Å². The number of aromatic nitrogens is 2. The van der Waals surface area contributed by atoms with Gasteiger partial charge in [-0.15, -0.1) is 0 Å². The molecule has 0 saturated heterocycles. The van der Waals surface area contributed by atoms with Gasteiger partial charge in [0.25, 0.3) is 5.91 Å². The van der Waals surface area contributed by atoms with Crippen LogP contribution in [0.5, 0.6) is 0 Å². The maximum Gasteiger partial charge on any atom is 0.256 e. The molecule has 1 saturated carbocycles. The number of halogens is 1. The molecule has 4 rings (SSSR count). The highest BCUT2D eigenvalue weighted by Crippen LogP contribution is 2.30. The third-order valence-corrected chi connectivity index (χ3v) is 6.10. The molecule has 2 amide bonds. The summed E-state index contributed by atoms with van der Waals surface area (Å²) in [4.78, 5) is 24.9. The average Bonchev–Trinajstić information content (AvgIpc) is 3.57. The van der Waals surface area contributed by atoms with Gasteiger partial charge in [-0.25, -0.2) is 4.68 Å². The monoisotopic (exact) mass is 450 g/mol. The van der Waals surface area contributed by atoms with E-state index < -0.39 is 0 Å². The fraction of sp³-hybridized carbons (Fsp3) is 0.320. The summed E-state index contributed by atoms with van der Waals surface area (Å²) in [5.41, 5.74) is 4.92. The van der Waals surface area contributed by atoms with Crippen LogP contribution in [0.3, 0.4) is 0 Å². The van der Waals surface area contributed by atoms with Crippen molar-refractivity contribution in [1.29, 1.82) is 0 Å². The van der Waals surface area contributed by atoms with Gasteiger partial charge in [-0.2, -0.15) is 5.10 Å². The predicted octanol–water partition coefficient (Wildman–Crippen LogP) is 5.04. The lowest BCUT2D eigenvalue weighted by molar-refractivity contribution is -0.117. The summed E-state index contributed by atoms with van der Waals surface area (Å²) in [7, 11) is 0. The lowest BCUT2D eigenvalue weighted by atomic mass is 10.1. The van der Waals surface area contributed by atoms with Crippen molar-refractivity contribution in [3.05, 3.63) is 81.6 Å². The molecule has 3 aromatic rings. The minimum absolute atomic E-state index is 0.0758. The second-order valence-electron chi connectivity index (χ2n) is 8.48. The number of nitrogens with one attached hydrogen (secondary N) is 2. The lowest BCUT2D eigenvalue weighted by Gasteiger charge is -2.15. The predicted molar refractivity (Wildman–Crippen MR) is 126 cm³/mol. The Bertz CT molecular complexity index is 1130. The SMILES string of the molecule is Cc1ccc(Cn2nc(C)c(C(=O)NC(C)c3ccc(NC(=O)C4CC4)cc3)c2Cl)cc1. The molecule has 32 heavy (non-hydrogen) atoms. The van der Waals surface area contributed by atoms with Gasteiger partial charge in [0.05, 0.1) is 23.8 Å². The first-order valence-corrected chi connectivity index (χ1v) is 11.2. The van der Waals surface area contributed by atoms with E-state index in [0.717, 1.165) is 29.7 Å². The number of rotatable bonds is 7. The van der Waals surface area contributed by atoms with Crippen LogP contribution in [0.2, 0.25) is 5.15 Å². The topological polar surface area (TPSA) is 76.0 Å². The van der Waals surface area contributed by atoms with Crippen molar-refractivity contribution in [3.8, 4) is 0 Å². The van der Waals surface area contributed by atoms with Crippen LogP contribution in [0.25, 0.3) is 0 Å². The Morgan fingerprint density at radius 3 is 2.38 bits per heavy atom. The Balaban J connectivity index is 1.42. The second-order valence-corrected chi connectivity index (χ2v) is 8.83. The molecular formula is C25H27ClN4O2. The molecule has 1 aromatic heterocycles. The molecule has 2 aromatic carbocycles. The van der Waals surface area contributed by atoms with Gasteiger partial charge in [-0.1, -0.05) is 53.6 Å². The Hall–Kier alpha value is -3.12. The molecule has 0 spiro atoms. The summed E-state index contributed by atoms with van der Waals surface area (Å²) in [6.45, 7) is 6.23. The van der Waals surface area contributed by atoms with E-state index in [1.807, 2.05) is 62.4 Å². The van der Waals surface area contributed by atoms with Crippen molar-refractivity contribution in [2.75, 3.05) is 5.32 Å². The number of hydrogen-bond acceptors (Lipinski definition) is 3. The Labute approximate surface area is 193 Å². The summed E-state index contributed by atoms with van der Waals surface area (Å²) in [6, 6.07) is 15.4. The summed E-state index contributed by atoms with van der Waals surface area (Å²) in [5.74, 6) is -0.0269. The van der Waals surface area contributed by atoms with E-state index >= 15 is 0 Å². The van der Waals surface area contributed by atoms with Gasteiger partial charge in [-0.3, -0.25) is 9.59 Å². The summed E-state index contributed by atoms with van der Waals surface area (Å²) >= 11 is 6.53. The number of anilines is 1. The van der Waals surface area contributed by atoms with Crippen molar-refractivity contribution in [1.82, 2.24) is 15.1 Å². The second kappa shape index (κ2) is 9.17. The number of carbonyl (C=O) groups excluding carboxylic acids is 2. The van der Waals surface area contributed by atoms with Crippen LogP contribution in [0.1, 0.15) is 58.5 Å². The average molecular weight is 451 g/mol. The molecule has 0 radical (unpaired) electrons. The summed E-state index contributed by atoms with van der Waals surface area (Å²) in [6.07, 6.45) is 1.94. The van der Waals surface area contributed by atoms with Crippen molar-refractivity contribution < 1.29 is 9.59 Å². The number of aryl methyl sites for hydroxylation is 2. The number of nitrogens with zero attached hydrogens (tertiary/aromatic N) is 2. The first-order chi connectivity index (χ1) is 15.3. The van der Waals surface area contributed by atoms with Crippen LogP contribution in [-0.2, 0) is 11.3 Å². The van der Waals surface area contributed by atoms with E-state index in [1.54, 1.807) is 11.6 Å². The minimum Gasteiger partial charge on any atom is -0.345 e. The smallest absolute Gasteiger partial charge is 0.256 e. The molecule has 1 heterocycles. The maximum atomic E-state index is 13.0. The molecule has 0 aliphatic heterocycles. The van der Waals surface area contributed by atoms with Crippen LogP contribution in [0, 0.1) is 19.8 Å². The molecule has 6 nitrogen and oxygen atoms in total. The quantitative estimate of drug-likeness (QED) is 0.529. The highest BCUT2D eigenvalue weighted by molar-refractivity contribution is 6.33. The summed E-state index contributed by atoms with van der Waals surface area (Å²) < 4.78 is 1.65. The van der Waals surface area contributed by atoms with Crippen LogP contribution < -0.4 is 10.6 Å². The van der Waals surface area contributed by atoms with Gasteiger partial charge >= 0.3 is 0 Å². The molecule has 2 N–H and O–H groups in total. The van der Waals surface area contributed by atoms with Gasteiger partial charge in [0.1, 0.15) is 5.15 Å². The standard InChI is InChI=1S/C25H27ClN4O2/c1-15-4-6-18(7-5-15)14-30-23(26)22(17(3)29-30)25(32)27-16(2)19-10-12-21(13-11-19)28-24(31)20-8-9-20/h4-7,10-13,16,20H,8-9,14H2,1-3H3,(H,27,32)(H,28,31). The number of amides is 2. The van der Waals surface area contributed by atoms with Crippen LogP contribution in [0.15, 0.2) is 48.5 Å². The molecular weight excluding hydrogens is 424 g/mol. The van der Waals surface area contributed by atoms with E-state index in [0.29, 0.717) is 23.0 Å². The van der Waals surface area contributed by atoms with Crippen LogP contribution in [-0.4, -0.2) is 21.6 Å². The maximum absolute atomic E-state index is 13.0. The summed E-state index contributed by atoms with van der Waals surface area (Å²) in [5, 5.41) is 10.7. The van der Waals surface area contributed by atoms with Crippen molar-refractivity contribution in [2.24, 2.45) is 5.92 Å². The zero-order valence-electron chi connectivity index (χ0n) is 18.5. The van der Waals surface area contributed by atoms with Gasteiger partial charge < -0.3 is 10.6 Å². The van der Waals surface area contributed by atoms with Crippen molar-refractivity contribution in [3.63, 3.8) is 0 Å². The molecule has 1 fully saturated rings. The Morgan fingerprint density at radius 2 is 1.75 bits per heavy atom. The molecule has 7 heteroatoms. The van der Waals surface area contributed by atoms with Gasteiger partial charge in [-0.05, 0) is 56.9 Å². The van der Waals surface area contributed by atoms with Gasteiger partial charge in [0.2, 0.25) is 5.91 Å². The molecule has 1 aliphatic carbocycles. The largest absolute Gasteiger partial charge is 0.345 e. The molecule has 166 valence electrons. The number of hydrogen-bond donors (Lipinski definition) is 2. The number of benzene rings is 2. The Morgan fingerprint density at radius 1 is 1.09 bits per heavy atom. The third-order valence-electron chi connectivity index (χ3n) is 5.72. The van der Waals surface area contributed by atoms with Crippen LogP contribution >= 0.6 is 11.6 Å². The zero-order valence-corrected chi connectivity index (χ0v) is 19.2. The minimum atomic E-state index is -0.263. The third kappa shape index (κ3) is 5.02. The first-order valence-electron chi connectivity index (χ1n) is 10.8.